The van der Waals surface area contributed by atoms with E-state index in [1.54, 1.807) is 6.92 Å². The lowest BCUT2D eigenvalue weighted by atomic mass is 10.1. The summed E-state index contributed by atoms with van der Waals surface area (Å²) in [5, 5.41) is 2.49. The van der Waals surface area contributed by atoms with Crippen LogP contribution in [0.1, 0.15) is 18.5 Å². The van der Waals surface area contributed by atoms with Crippen LogP contribution in [0.5, 0.6) is 0 Å². The minimum absolute atomic E-state index is 0.242. The Morgan fingerprint density at radius 1 is 1.53 bits per heavy atom. The number of halogens is 2. The summed E-state index contributed by atoms with van der Waals surface area (Å²) in [6.45, 7) is 4.89. The summed E-state index contributed by atoms with van der Waals surface area (Å²) in [5.41, 5.74) is 0.242. The topological polar surface area (TPSA) is 29.1 Å². The third-order valence-electron chi connectivity index (χ3n) is 1.97. The molecule has 4 heteroatoms. The first-order chi connectivity index (χ1) is 7.04. The molecule has 1 unspecified atom stereocenters. The maximum absolute atomic E-state index is 13.2. The molecular formula is C11H11F2NO. The van der Waals surface area contributed by atoms with Crippen LogP contribution in [-0.4, -0.2) is 5.91 Å². The first kappa shape index (κ1) is 11.4. The zero-order chi connectivity index (χ0) is 11.4. The highest BCUT2D eigenvalue weighted by atomic mass is 19.1. The lowest BCUT2D eigenvalue weighted by molar-refractivity contribution is -0.117. The molecule has 2 nitrogen and oxygen atoms in total. The van der Waals surface area contributed by atoms with Gasteiger partial charge in [0, 0.05) is 11.6 Å². The third-order valence-corrected chi connectivity index (χ3v) is 1.97. The SMILES string of the molecule is C=CC(=O)NC(C)c1ccc(F)cc1F. The average Bonchev–Trinajstić information content (AvgIpc) is 2.17. The zero-order valence-corrected chi connectivity index (χ0v) is 8.26. The highest BCUT2D eigenvalue weighted by molar-refractivity contribution is 5.87. The zero-order valence-electron chi connectivity index (χ0n) is 8.26. The van der Waals surface area contributed by atoms with E-state index in [-0.39, 0.29) is 5.56 Å². The van der Waals surface area contributed by atoms with Crippen LogP contribution in [-0.2, 0) is 4.79 Å². The Morgan fingerprint density at radius 3 is 2.73 bits per heavy atom. The number of carbonyl (C=O) groups excluding carboxylic acids is 1. The number of hydrogen-bond donors (Lipinski definition) is 1. The largest absolute Gasteiger partial charge is 0.346 e. The van der Waals surface area contributed by atoms with Gasteiger partial charge in [-0.25, -0.2) is 8.78 Å². The molecule has 15 heavy (non-hydrogen) atoms. The first-order valence-electron chi connectivity index (χ1n) is 4.42. The van der Waals surface area contributed by atoms with Crippen molar-refractivity contribution in [2.24, 2.45) is 0 Å². The van der Waals surface area contributed by atoms with E-state index < -0.39 is 23.6 Å². The fraction of sp³-hybridized carbons (Fsp3) is 0.182. The first-order valence-corrected chi connectivity index (χ1v) is 4.42. The fourth-order valence-electron chi connectivity index (χ4n) is 1.20. The molecule has 0 fully saturated rings. The molecule has 0 bridgehead atoms. The van der Waals surface area contributed by atoms with Crippen molar-refractivity contribution < 1.29 is 13.6 Å². The van der Waals surface area contributed by atoms with E-state index in [9.17, 15) is 13.6 Å². The van der Waals surface area contributed by atoms with Crippen molar-refractivity contribution in [2.45, 2.75) is 13.0 Å². The Labute approximate surface area is 86.6 Å². The second kappa shape index (κ2) is 4.68. The summed E-state index contributed by atoms with van der Waals surface area (Å²) in [5.74, 6) is -1.71. The number of rotatable bonds is 3. The molecule has 0 radical (unpaired) electrons. The summed E-state index contributed by atoms with van der Waals surface area (Å²) in [7, 11) is 0. The molecule has 80 valence electrons. The molecule has 1 amide bonds. The van der Waals surface area contributed by atoms with Gasteiger partial charge < -0.3 is 5.32 Å². The molecule has 0 saturated carbocycles. The Kier molecular flexibility index (Phi) is 3.55. The third kappa shape index (κ3) is 2.87. The van der Waals surface area contributed by atoms with Crippen molar-refractivity contribution in [3.05, 3.63) is 48.1 Å². The molecule has 0 aliphatic carbocycles. The van der Waals surface area contributed by atoms with Crippen molar-refractivity contribution in [1.82, 2.24) is 5.32 Å². The highest BCUT2D eigenvalue weighted by Crippen LogP contribution is 2.17. The normalized spacial score (nSPS) is 11.9. The van der Waals surface area contributed by atoms with Crippen LogP contribution in [0.3, 0.4) is 0 Å². The van der Waals surface area contributed by atoms with Gasteiger partial charge in [-0.2, -0.15) is 0 Å². The Balaban J connectivity index is 2.86. The number of benzene rings is 1. The monoisotopic (exact) mass is 211 g/mol. The van der Waals surface area contributed by atoms with Crippen LogP contribution >= 0.6 is 0 Å². The molecule has 0 aliphatic rings. The van der Waals surface area contributed by atoms with Gasteiger partial charge in [0.2, 0.25) is 5.91 Å². The molecule has 1 N–H and O–H groups in total. The van der Waals surface area contributed by atoms with Crippen LogP contribution in [0.25, 0.3) is 0 Å². The molecule has 0 aromatic heterocycles. The van der Waals surface area contributed by atoms with Crippen LogP contribution < -0.4 is 5.32 Å². The Hall–Kier alpha value is -1.71. The molecule has 0 heterocycles. The molecule has 1 rings (SSSR count). The summed E-state index contributed by atoms with van der Waals surface area (Å²) in [6, 6.07) is 2.72. The van der Waals surface area contributed by atoms with Gasteiger partial charge >= 0.3 is 0 Å². The van der Waals surface area contributed by atoms with E-state index in [1.807, 2.05) is 0 Å². The van der Waals surface area contributed by atoms with Crippen LogP contribution in [0.15, 0.2) is 30.9 Å². The Bertz CT molecular complexity index is 390. The summed E-state index contributed by atoms with van der Waals surface area (Å²) in [4.78, 5) is 10.9. The maximum Gasteiger partial charge on any atom is 0.243 e. The average molecular weight is 211 g/mol. The maximum atomic E-state index is 13.2. The van der Waals surface area contributed by atoms with Gasteiger partial charge in [-0.05, 0) is 19.1 Å². The predicted molar refractivity (Wildman–Crippen MR) is 53.1 cm³/mol. The molecule has 0 aliphatic heterocycles. The lowest BCUT2D eigenvalue weighted by Crippen LogP contribution is -2.25. The predicted octanol–water partition coefficient (Wildman–Crippen LogP) is 2.33. The van der Waals surface area contributed by atoms with Gasteiger partial charge in [-0.3, -0.25) is 4.79 Å². The second-order valence-electron chi connectivity index (χ2n) is 3.10. The van der Waals surface area contributed by atoms with Crippen LogP contribution in [0.4, 0.5) is 8.78 Å². The molecule has 1 aromatic rings. The van der Waals surface area contributed by atoms with Gasteiger partial charge in [0.1, 0.15) is 11.6 Å². The minimum atomic E-state index is -0.674. The van der Waals surface area contributed by atoms with Crippen molar-refractivity contribution >= 4 is 5.91 Å². The molecule has 0 saturated heterocycles. The van der Waals surface area contributed by atoms with Crippen LogP contribution in [0.2, 0.25) is 0 Å². The smallest absolute Gasteiger partial charge is 0.243 e. The fourth-order valence-corrected chi connectivity index (χ4v) is 1.20. The summed E-state index contributed by atoms with van der Waals surface area (Å²) < 4.78 is 25.8. The van der Waals surface area contributed by atoms with Crippen molar-refractivity contribution in [2.75, 3.05) is 0 Å². The van der Waals surface area contributed by atoms with Gasteiger partial charge in [0.25, 0.3) is 0 Å². The number of carbonyl (C=O) groups is 1. The van der Waals surface area contributed by atoms with Gasteiger partial charge in [-0.15, -0.1) is 0 Å². The molecule has 0 spiro atoms. The van der Waals surface area contributed by atoms with Crippen molar-refractivity contribution in [1.29, 1.82) is 0 Å². The van der Waals surface area contributed by atoms with Gasteiger partial charge in [0.05, 0.1) is 6.04 Å². The summed E-state index contributed by atoms with van der Waals surface area (Å²) >= 11 is 0. The Morgan fingerprint density at radius 2 is 2.20 bits per heavy atom. The standard InChI is InChI=1S/C11H11F2NO/c1-3-11(15)14-7(2)9-5-4-8(12)6-10(9)13/h3-7H,1H2,2H3,(H,14,15). The van der Waals surface area contributed by atoms with E-state index in [2.05, 4.69) is 11.9 Å². The van der Waals surface area contributed by atoms with Gasteiger partial charge in [0.15, 0.2) is 0 Å². The number of hydrogen-bond acceptors (Lipinski definition) is 1. The lowest BCUT2D eigenvalue weighted by Gasteiger charge is -2.13. The molecule has 1 atom stereocenters. The van der Waals surface area contributed by atoms with Crippen molar-refractivity contribution in [3.8, 4) is 0 Å². The second-order valence-corrected chi connectivity index (χ2v) is 3.10. The quantitative estimate of drug-likeness (QED) is 0.764. The van der Waals surface area contributed by atoms with E-state index in [4.69, 9.17) is 0 Å². The summed E-state index contributed by atoms with van der Waals surface area (Å²) in [6.07, 6.45) is 1.10. The molecular weight excluding hydrogens is 200 g/mol. The number of amides is 1. The van der Waals surface area contributed by atoms with E-state index in [0.717, 1.165) is 18.2 Å². The highest BCUT2D eigenvalue weighted by Gasteiger charge is 2.12. The van der Waals surface area contributed by atoms with Crippen LogP contribution in [0, 0.1) is 11.6 Å². The number of nitrogens with one attached hydrogen (secondary N) is 1. The van der Waals surface area contributed by atoms with E-state index in [0.29, 0.717) is 0 Å². The van der Waals surface area contributed by atoms with E-state index >= 15 is 0 Å². The minimum Gasteiger partial charge on any atom is -0.346 e. The van der Waals surface area contributed by atoms with E-state index in [1.165, 1.54) is 6.07 Å². The van der Waals surface area contributed by atoms with Gasteiger partial charge in [-0.1, -0.05) is 12.6 Å². The molecule has 1 aromatic carbocycles. The van der Waals surface area contributed by atoms with Crippen molar-refractivity contribution in [3.63, 3.8) is 0 Å².